The second-order valence-electron chi connectivity index (χ2n) is 29.4. The molecule has 0 amide bonds. The zero-order valence-electron chi connectivity index (χ0n) is 64.1. The standard InChI is InChI=1S/C79H154O17P2/c1-7-9-11-13-15-17-18-26-34-39-45-51-57-63-78(83)95-74(67-89-76(81)61-55-49-43-16-14-12-10-8-2)69-93-97(85,86)91-65-73(80)66-92-98(87,88)94-70-75(68-90-77(82)62-56-50-44-38-33-30-25-28-32-37-42-48-54-60-72(5)6)96-79(84)64-58-52-46-40-35-29-24-22-20-19-21-23-27-31-36-41-47-53-59-71(3)4/h71-75,80H,7-70H2,1-6H3,(H,85,86)(H,87,88)/t73-,74+,75+/m0/s1. The Morgan fingerprint density at radius 1 is 0.276 bits per heavy atom. The van der Waals surface area contributed by atoms with E-state index in [0.717, 1.165) is 108 Å². The summed E-state index contributed by atoms with van der Waals surface area (Å²) < 4.78 is 68.6. The zero-order valence-corrected chi connectivity index (χ0v) is 65.9. The van der Waals surface area contributed by atoms with Gasteiger partial charge in [0.15, 0.2) is 12.2 Å². The Morgan fingerprint density at radius 2 is 0.469 bits per heavy atom. The molecule has 0 aliphatic carbocycles. The molecule has 0 saturated heterocycles. The maximum Gasteiger partial charge on any atom is 0.472 e. The third-order valence-corrected chi connectivity index (χ3v) is 20.4. The summed E-state index contributed by atoms with van der Waals surface area (Å²) in [6.07, 6.45) is 59.7. The molecular formula is C79H154O17P2. The average molecular weight is 1440 g/mol. The number of rotatable bonds is 78. The van der Waals surface area contributed by atoms with Crippen LogP contribution in [0.25, 0.3) is 0 Å². The van der Waals surface area contributed by atoms with Gasteiger partial charge in [-0.15, -0.1) is 0 Å². The molecule has 0 saturated carbocycles. The van der Waals surface area contributed by atoms with Gasteiger partial charge in [-0.05, 0) is 37.5 Å². The summed E-state index contributed by atoms with van der Waals surface area (Å²) in [6.45, 7) is 9.65. The second kappa shape index (κ2) is 70.7. The summed E-state index contributed by atoms with van der Waals surface area (Å²) in [6, 6.07) is 0. The summed E-state index contributed by atoms with van der Waals surface area (Å²) in [5.74, 6) is -0.501. The van der Waals surface area contributed by atoms with E-state index in [4.69, 9.17) is 37.0 Å². The van der Waals surface area contributed by atoms with E-state index in [1.165, 1.54) is 225 Å². The first-order valence-corrected chi connectivity index (χ1v) is 44.0. The van der Waals surface area contributed by atoms with Crippen LogP contribution in [0.5, 0.6) is 0 Å². The van der Waals surface area contributed by atoms with E-state index in [-0.39, 0.29) is 25.7 Å². The van der Waals surface area contributed by atoms with Gasteiger partial charge in [-0.1, -0.05) is 363 Å². The van der Waals surface area contributed by atoms with Crippen molar-refractivity contribution in [1.82, 2.24) is 0 Å². The van der Waals surface area contributed by atoms with Gasteiger partial charge in [0.05, 0.1) is 26.4 Å². The summed E-state index contributed by atoms with van der Waals surface area (Å²) in [5.41, 5.74) is 0. The molecule has 0 aromatic rings. The predicted octanol–water partition coefficient (Wildman–Crippen LogP) is 23.5. The predicted molar refractivity (Wildman–Crippen MR) is 400 cm³/mol. The van der Waals surface area contributed by atoms with Crippen molar-refractivity contribution >= 4 is 39.5 Å². The molecule has 0 radical (unpaired) electrons. The molecule has 98 heavy (non-hydrogen) atoms. The molecule has 0 bridgehead atoms. The third kappa shape index (κ3) is 72.4. The molecule has 0 fully saturated rings. The van der Waals surface area contributed by atoms with Crippen molar-refractivity contribution in [2.24, 2.45) is 11.8 Å². The Balaban J connectivity index is 5.19. The molecule has 0 rings (SSSR count). The first kappa shape index (κ1) is 96.1. The highest BCUT2D eigenvalue weighted by atomic mass is 31.2. The van der Waals surface area contributed by atoms with Gasteiger partial charge in [-0.2, -0.15) is 0 Å². The van der Waals surface area contributed by atoms with Gasteiger partial charge in [-0.3, -0.25) is 37.3 Å². The number of phosphoric ester groups is 2. The largest absolute Gasteiger partial charge is 0.472 e. The van der Waals surface area contributed by atoms with E-state index >= 15 is 0 Å². The molecule has 0 spiro atoms. The number of aliphatic hydroxyl groups is 1. The van der Waals surface area contributed by atoms with Crippen molar-refractivity contribution in [3.8, 4) is 0 Å². The van der Waals surface area contributed by atoms with Gasteiger partial charge >= 0.3 is 39.5 Å². The lowest BCUT2D eigenvalue weighted by molar-refractivity contribution is -0.161. The minimum Gasteiger partial charge on any atom is -0.462 e. The Labute approximate surface area is 600 Å². The minimum absolute atomic E-state index is 0.108. The smallest absolute Gasteiger partial charge is 0.462 e. The summed E-state index contributed by atoms with van der Waals surface area (Å²) in [7, 11) is -9.91. The Kier molecular flexibility index (Phi) is 69.3. The first-order valence-electron chi connectivity index (χ1n) is 41.0. The highest BCUT2D eigenvalue weighted by Gasteiger charge is 2.30. The number of carbonyl (C=O) groups excluding carboxylic acids is 4. The molecule has 2 unspecified atom stereocenters. The highest BCUT2D eigenvalue weighted by molar-refractivity contribution is 7.47. The normalized spacial score (nSPS) is 13.9. The number of aliphatic hydroxyl groups excluding tert-OH is 1. The van der Waals surface area contributed by atoms with Crippen molar-refractivity contribution < 1.29 is 80.2 Å². The van der Waals surface area contributed by atoms with Crippen LogP contribution >= 0.6 is 15.6 Å². The minimum atomic E-state index is -4.96. The van der Waals surface area contributed by atoms with Gasteiger partial charge in [0.25, 0.3) is 0 Å². The Bertz CT molecular complexity index is 1890. The monoisotopic (exact) mass is 1440 g/mol. The van der Waals surface area contributed by atoms with Crippen LogP contribution in [0.3, 0.4) is 0 Å². The summed E-state index contributed by atoms with van der Waals surface area (Å²) >= 11 is 0. The molecule has 3 N–H and O–H groups in total. The van der Waals surface area contributed by atoms with Crippen molar-refractivity contribution in [3.05, 3.63) is 0 Å². The van der Waals surface area contributed by atoms with Crippen molar-refractivity contribution in [2.45, 2.75) is 432 Å². The van der Waals surface area contributed by atoms with Gasteiger partial charge in [-0.25, -0.2) is 9.13 Å². The van der Waals surface area contributed by atoms with Crippen LogP contribution in [-0.2, 0) is 65.4 Å². The topological polar surface area (TPSA) is 237 Å². The number of hydrogen-bond acceptors (Lipinski definition) is 15. The molecule has 0 aliphatic rings. The van der Waals surface area contributed by atoms with E-state index in [0.29, 0.717) is 25.7 Å². The van der Waals surface area contributed by atoms with Gasteiger partial charge in [0.1, 0.15) is 19.3 Å². The summed E-state index contributed by atoms with van der Waals surface area (Å²) in [5, 5.41) is 10.6. The quantitative estimate of drug-likeness (QED) is 0.0222. The fourth-order valence-corrected chi connectivity index (χ4v) is 13.8. The lowest BCUT2D eigenvalue weighted by Crippen LogP contribution is -2.30. The van der Waals surface area contributed by atoms with Crippen LogP contribution in [0.4, 0.5) is 0 Å². The van der Waals surface area contributed by atoms with E-state index < -0.39 is 97.5 Å². The molecule has 5 atom stereocenters. The van der Waals surface area contributed by atoms with Crippen LogP contribution < -0.4 is 0 Å². The second-order valence-corrected chi connectivity index (χ2v) is 32.3. The maximum atomic E-state index is 13.1. The third-order valence-electron chi connectivity index (χ3n) is 18.5. The van der Waals surface area contributed by atoms with Gasteiger partial charge in [0, 0.05) is 25.7 Å². The van der Waals surface area contributed by atoms with Gasteiger partial charge < -0.3 is 33.8 Å². The molecule has 0 aliphatic heterocycles. The maximum absolute atomic E-state index is 13.1. The Hall–Kier alpha value is -1.94. The molecule has 0 aromatic heterocycles. The van der Waals surface area contributed by atoms with Crippen LogP contribution in [0.1, 0.15) is 414 Å². The highest BCUT2D eigenvalue weighted by Crippen LogP contribution is 2.45. The summed E-state index contributed by atoms with van der Waals surface area (Å²) in [4.78, 5) is 72.8. The fourth-order valence-electron chi connectivity index (χ4n) is 12.2. The fraction of sp³-hybridized carbons (Fsp3) is 0.949. The zero-order chi connectivity index (χ0) is 72.1. The van der Waals surface area contributed by atoms with E-state index in [1.54, 1.807) is 0 Å². The molecule has 17 nitrogen and oxygen atoms in total. The number of ether oxygens (including phenoxy) is 4. The first-order chi connectivity index (χ1) is 47.4. The average Bonchev–Trinajstić information content (AvgIpc) is 0.977. The molecule has 19 heteroatoms. The number of esters is 4. The molecule has 0 heterocycles. The van der Waals surface area contributed by atoms with Crippen molar-refractivity contribution in [3.63, 3.8) is 0 Å². The number of carbonyl (C=O) groups is 4. The van der Waals surface area contributed by atoms with Crippen molar-refractivity contribution in [2.75, 3.05) is 39.6 Å². The Morgan fingerprint density at radius 3 is 0.694 bits per heavy atom. The molecular weight excluding hydrogens is 1280 g/mol. The van der Waals surface area contributed by atoms with Crippen LogP contribution in [0.15, 0.2) is 0 Å². The molecule has 0 aromatic carbocycles. The van der Waals surface area contributed by atoms with E-state index in [1.807, 2.05) is 0 Å². The number of hydrogen-bond donors (Lipinski definition) is 3. The van der Waals surface area contributed by atoms with Gasteiger partial charge in [0.2, 0.25) is 0 Å². The van der Waals surface area contributed by atoms with Crippen molar-refractivity contribution in [1.29, 1.82) is 0 Å². The lowest BCUT2D eigenvalue weighted by atomic mass is 10.0. The number of unbranched alkanes of at least 4 members (excludes halogenated alkanes) is 48. The number of phosphoric acid groups is 2. The van der Waals surface area contributed by atoms with Crippen LogP contribution in [0.2, 0.25) is 0 Å². The van der Waals surface area contributed by atoms with E-state index in [2.05, 4.69) is 41.5 Å². The van der Waals surface area contributed by atoms with Crippen LogP contribution in [-0.4, -0.2) is 96.7 Å². The SMILES string of the molecule is CCCCCCCCCCCCCCCC(=O)O[C@H](COC(=O)CCCCCCCCCC)COP(=O)(O)OC[C@H](O)COP(=O)(O)OC[C@@H](COC(=O)CCCCCCCCCCCCCCCC(C)C)OC(=O)CCCCCCCCCCCCCCCCCCCCC(C)C. The molecule has 582 valence electrons. The van der Waals surface area contributed by atoms with Crippen LogP contribution in [0, 0.1) is 11.8 Å². The lowest BCUT2D eigenvalue weighted by Gasteiger charge is -2.21. The van der Waals surface area contributed by atoms with E-state index in [9.17, 15) is 43.2 Å².